The number of hydrogen-bond acceptors (Lipinski definition) is 4. The fourth-order valence-corrected chi connectivity index (χ4v) is 4.29. The molecule has 1 aliphatic rings. The first-order valence-corrected chi connectivity index (χ1v) is 8.38. The second-order valence-corrected chi connectivity index (χ2v) is 7.88. The smallest absolute Gasteiger partial charge is 0.231 e. The summed E-state index contributed by atoms with van der Waals surface area (Å²) in [5, 5.41) is 3.31. The fourth-order valence-electron chi connectivity index (χ4n) is 2.75. The van der Waals surface area contributed by atoms with Crippen LogP contribution < -0.4 is 5.32 Å². The van der Waals surface area contributed by atoms with Crippen LogP contribution >= 0.6 is 27.3 Å². The molecule has 0 aliphatic carbocycles. The Kier molecular flexibility index (Phi) is 5.60. The summed E-state index contributed by atoms with van der Waals surface area (Å²) in [7, 11) is 3.56. The summed E-state index contributed by atoms with van der Waals surface area (Å²) in [5.41, 5.74) is -0.358. The van der Waals surface area contributed by atoms with Gasteiger partial charge in [-0.1, -0.05) is 0 Å². The highest BCUT2D eigenvalue weighted by Gasteiger charge is 2.41. The van der Waals surface area contributed by atoms with Crippen LogP contribution in [0.2, 0.25) is 0 Å². The third-order valence-corrected chi connectivity index (χ3v) is 5.41. The number of rotatable bonds is 5. The molecule has 0 atom stereocenters. The summed E-state index contributed by atoms with van der Waals surface area (Å²) in [4.78, 5) is 15.9. The third kappa shape index (κ3) is 3.61. The van der Waals surface area contributed by atoms with E-state index < -0.39 is 0 Å². The molecule has 0 aromatic carbocycles. The van der Waals surface area contributed by atoms with Crippen molar-refractivity contribution in [2.75, 3.05) is 33.9 Å². The summed E-state index contributed by atoms with van der Waals surface area (Å²) in [6, 6.07) is 4.08. The molecule has 6 heteroatoms. The van der Waals surface area contributed by atoms with Crippen molar-refractivity contribution in [1.82, 2.24) is 10.2 Å². The van der Waals surface area contributed by atoms with Gasteiger partial charge in [-0.3, -0.25) is 4.79 Å². The molecule has 1 N–H and O–H groups in total. The Morgan fingerprint density at radius 1 is 1.50 bits per heavy atom. The lowest BCUT2D eigenvalue weighted by Crippen LogP contribution is -2.50. The minimum Gasteiger partial charge on any atom is -0.384 e. The molecule has 0 unspecified atom stereocenters. The number of piperidine rings is 1. The van der Waals surface area contributed by atoms with Gasteiger partial charge in [0.25, 0.3) is 0 Å². The number of nitrogens with one attached hydrogen (secondary N) is 1. The van der Waals surface area contributed by atoms with E-state index in [1.54, 1.807) is 18.4 Å². The van der Waals surface area contributed by atoms with Gasteiger partial charge in [0.05, 0.1) is 22.4 Å². The molecule has 0 radical (unpaired) electrons. The summed E-state index contributed by atoms with van der Waals surface area (Å²) < 4.78 is 6.43. The molecule has 0 spiro atoms. The van der Waals surface area contributed by atoms with Crippen molar-refractivity contribution in [2.45, 2.75) is 19.4 Å². The summed E-state index contributed by atoms with van der Waals surface area (Å²) in [6.07, 6.45) is 1.69. The zero-order valence-electron chi connectivity index (χ0n) is 11.9. The van der Waals surface area contributed by atoms with E-state index in [0.717, 1.165) is 29.7 Å². The second kappa shape index (κ2) is 7.02. The number of amides is 1. The Labute approximate surface area is 132 Å². The Balaban J connectivity index is 2.06. The Bertz CT molecular complexity index is 452. The molecule has 1 aliphatic heterocycles. The van der Waals surface area contributed by atoms with E-state index in [-0.39, 0.29) is 11.3 Å². The molecule has 112 valence electrons. The number of ether oxygens (including phenoxy) is 1. The minimum absolute atomic E-state index is 0.199. The molecule has 2 heterocycles. The lowest BCUT2D eigenvalue weighted by molar-refractivity contribution is -0.146. The maximum atomic E-state index is 12.8. The van der Waals surface area contributed by atoms with E-state index in [4.69, 9.17) is 4.74 Å². The lowest BCUT2D eigenvalue weighted by atomic mass is 9.78. The largest absolute Gasteiger partial charge is 0.384 e. The highest BCUT2D eigenvalue weighted by molar-refractivity contribution is 9.11. The molecule has 20 heavy (non-hydrogen) atoms. The van der Waals surface area contributed by atoms with Crippen molar-refractivity contribution in [2.24, 2.45) is 5.41 Å². The average molecular weight is 361 g/mol. The van der Waals surface area contributed by atoms with E-state index in [9.17, 15) is 4.79 Å². The fraction of sp³-hybridized carbons (Fsp3) is 0.643. The average Bonchev–Trinajstić information content (AvgIpc) is 2.84. The monoisotopic (exact) mass is 360 g/mol. The molecule has 1 aromatic heterocycles. The number of nitrogens with zero attached hydrogens (tertiary/aromatic N) is 1. The topological polar surface area (TPSA) is 41.6 Å². The van der Waals surface area contributed by atoms with E-state index in [1.807, 2.05) is 18.0 Å². The van der Waals surface area contributed by atoms with E-state index >= 15 is 0 Å². The molecule has 0 saturated carbocycles. The van der Waals surface area contributed by atoms with Gasteiger partial charge in [-0.15, -0.1) is 11.3 Å². The summed E-state index contributed by atoms with van der Waals surface area (Å²) in [5.74, 6) is 0.199. The Hall–Kier alpha value is -0.430. The Morgan fingerprint density at radius 2 is 2.20 bits per heavy atom. The number of hydrogen-bond donors (Lipinski definition) is 1. The molecular formula is C14H21BrN2O2S. The van der Waals surface area contributed by atoms with E-state index in [1.165, 1.54) is 4.88 Å². The van der Waals surface area contributed by atoms with Gasteiger partial charge >= 0.3 is 0 Å². The van der Waals surface area contributed by atoms with Gasteiger partial charge in [0.2, 0.25) is 5.91 Å². The van der Waals surface area contributed by atoms with Crippen LogP contribution in [0.25, 0.3) is 0 Å². The maximum Gasteiger partial charge on any atom is 0.231 e. The minimum atomic E-state index is -0.358. The number of thiophene rings is 1. The molecular weight excluding hydrogens is 340 g/mol. The van der Waals surface area contributed by atoms with Crippen LogP contribution in [-0.2, 0) is 16.1 Å². The van der Waals surface area contributed by atoms with Crippen LogP contribution in [0.5, 0.6) is 0 Å². The highest BCUT2D eigenvalue weighted by Crippen LogP contribution is 2.32. The second-order valence-electron chi connectivity index (χ2n) is 5.33. The maximum absolute atomic E-state index is 12.8. The van der Waals surface area contributed by atoms with Crippen LogP contribution in [0, 0.1) is 5.41 Å². The van der Waals surface area contributed by atoms with E-state index in [0.29, 0.717) is 13.2 Å². The third-order valence-electron chi connectivity index (χ3n) is 3.80. The number of carbonyl (C=O) groups is 1. The zero-order chi connectivity index (χ0) is 14.6. The van der Waals surface area contributed by atoms with Crippen molar-refractivity contribution in [3.8, 4) is 0 Å². The number of carbonyl (C=O) groups excluding carboxylic acids is 1. The van der Waals surface area contributed by atoms with Gasteiger partial charge in [-0.25, -0.2) is 0 Å². The molecule has 0 bridgehead atoms. The van der Waals surface area contributed by atoms with Crippen LogP contribution in [0.15, 0.2) is 15.9 Å². The normalized spacial score (nSPS) is 17.9. The first-order valence-electron chi connectivity index (χ1n) is 6.77. The molecule has 1 saturated heterocycles. The molecule has 1 amide bonds. The van der Waals surface area contributed by atoms with Gasteiger partial charge in [-0.2, -0.15) is 0 Å². The molecule has 1 aromatic rings. The van der Waals surface area contributed by atoms with Gasteiger partial charge in [0.1, 0.15) is 0 Å². The first-order chi connectivity index (χ1) is 9.57. The zero-order valence-corrected chi connectivity index (χ0v) is 14.3. The van der Waals surface area contributed by atoms with Gasteiger partial charge in [-0.05, 0) is 54.0 Å². The van der Waals surface area contributed by atoms with Gasteiger partial charge in [0, 0.05) is 19.0 Å². The predicted molar refractivity (Wildman–Crippen MR) is 84.9 cm³/mol. The van der Waals surface area contributed by atoms with Gasteiger partial charge in [0.15, 0.2) is 0 Å². The van der Waals surface area contributed by atoms with Crippen molar-refractivity contribution < 1.29 is 9.53 Å². The van der Waals surface area contributed by atoms with Crippen molar-refractivity contribution >= 4 is 33.2 Å². The van der Waals surface area contributed by atoms with Crippen LogP contribution in [0.3, 0.4) is 0 Å². The van der Waals surface area contributed by atoms with Crippen molar-refractivity contribution in [3.05, 3.63) is 20.8 Å². The summed E-state index contributed by atoms with van der Waals surface area (Å²) in [6.45, 7) is 2.93. The van der Waals surface area contributed by atoms with Crippen LogP contribution in [0.1, 0.15) is 17.7 Å². The van der Waals surface area contributed by atoms with Gasteiger partial charge < -0.3 is 15.0 Å². The van der Waals surface area contributed by atoms with Crippen molar-refractivity contribution in [1.29, 1.82) is 0 Å². The first kappa shape index (κ1) is 15.9. The molecule has 4 nitrogen and oxygen atoms in total. The highest BCUT2D eigenvalue weighted by atomic mass is 79.9. The standard InChI is InChI=1S/C14H21BrN2O2S/c1-17(9-11-3-4-12(15)20-11)13(18)14(10-19-2)5-7-16-8-6-14/h3-4,16H,5-10H2,1-2H3. The number of methoxy groups -OCH3 is 1. The van der Waals surface area contributed by atoms with Crippen molar-refractivity contribution in [3.63, 3.8) is 0 Å². The van der Waals surface area contributed by atoms with E-state index in [2.05, 4.69) is 27.3 Å². The van der Waals surface area contributed by atoms with Crippen LogP contribution in [-0.4, -0.2) is 44.7 Å². The SMILES string of the molecule is COCC1(C(=O)N(C)Cc2ccc(Br)s2)CCNCC1. The predicted octanol–water partition coefficient (Wildman–Crippen LogP) is 2.49. The molecule has 2 rings (SSSR count). The Morgan fingerprint density at radius 3 is 2.75 bits per heavy atom. The quantitative estimate of drug-likeness (QED) is 0.876. The number of halogens is 1. The summed E-state index contributed by atoms with van der Waals surface area (Å²) >= 11 is 5.13. The van der Waals surface area contributed by atoms with Crippen LogP contribution in [0.4, 0.5) is 0 Å². The lowest BCUT2D eigenvalue weighted by Gasteiger charge is -2.38. The molecule has 1 fully saturated rings.